The quantitative estimate of drug-likeness (QED) is 0.743. The molecule has 15 heavy (non-hydrogen) atoms. The number of halogens is 1. The Morgan fingerprint density at radius 2 is 2.33 bits per heavy atom. The van der Waals surface area contributed by atoms with Gasteiger partial charge < -0.3 is 10.6 Å². The van der Waals surface area contributed by atoms with Gasteiger partial charge in [-0.05, 0) is 6.92 Å². The van der Waals surface area contributed by atoms with E-state index in [2.05, 4.69) is 20.6 Å². The van der Waals surface area contributed by atoms with Gasteiger partial charge in [-0.15, -0.1) is 12.4 Å². The first-order valence-corrected chi connectivity index (χ1v) is 4.55. The van der Waals surface area contributed by atoms with Crippen molar-refractivity contribution in [2.24, 2.45) is 0 Å². The van der Waals surface area contributed by atoms with E-state index in [-0.39, 0.29) is 24.4 Å². The van der Waals surface area contributed by atoms with E-state index in [1.54, 1.807) is 13.1 Å². The second kappa shape index (κ2) is 5.04. The molecule has 0 radical (unpaired) electrons. The molecule has 2 N–H and O–H groups in total. The number of hydrogen-bond acceptors (Lipinski definition) is 4. The van der Waals surface area contributed by atoms with Gasteiger partial charge in [0.15, 0.2) is 0 Å². The summed E-state index contributed by atoms with van der Waals surface area (Å²) in [5.74, 6) is -0.0883. The number of nitrogens with one attached hydrogen (secondary N) is 2. The van der Waals surface area contributed by atoms with Crippen LogP contribution in [0, 0.1) is 6.92 Å². The van der Waals surface area contributed by atoms with Gasteiger partial charge in [0.1, 0.15) is 6.33 Å². The highest BCUT2D eigenvalue weighted by Gasteiger charge is 2.20. The van der Waals surface area contributed by atoms with Crippen LogP contribution in [0.2, 0.25) is 0 Å². The van der Waals surface area contributed by atoms with Crippen molar-refractivity contribution < 1.29 is 4.79 Å². The van der Waals surface area contributed by atoms with Crippen LogP contribution in [-0.2, 0) is 0 Å². The number of hydrogen-bond donors (Lipinski definition) is 2. The van der Waals surface area contributed by atoms with E-state index >= 15 is 0 Å². The molecule has 1 aliphatic rings. The maximum absolute atomic E-state index is 11.6. The maximum Gasteiger partial charge on any atom is 0.255 e. The lowest BCUT2D eigenvalue weighted by molar-refractivity contribution is 0.0922. The molecule has 2 heterocycles. The molecule has 0 spiro atoms. The van der Waals surface area contributed by atoms with Gasteiger partial charge in [0.25, 0.3) is 5.91 Å². The number of aryl methyl sites for hydroxylation is 1. The van der Waals surface area contributed by atoms with Gasteiger partial charge in [-0.25, -0.2) is 9.97 Å². The summed E-state index contributed by atoms with van der Waals surface area (Å²) in [4.78, 5) is 19.4. The SMILES string of the molecule is Cc1ncncc1C(=O)NC1CNC1.Cl. The van der Waals surface area contributed by atoms with Crippen LogP contribution in [0.15, 0.2) is 12.5 Å². The van der Waals surface area contributed by atoms with Gasteiger partial charge in [0.2, 0.25) is 0 Å². The summed E-state index contributed by atoms with van der Waals surface area (Å²) >= 11 is 0. The van der Waals surface area contributed by atoms with E-state index < -0.39 is 0 Å². The van der Waals surface area contributed by atoms with E-state index in [9.17, 15) is 4.79 Å². The van der Waals surface area contributed by atoms with Gasteiger partial charge in [0, 0.05) is 19.3 Å². The summed E-state index contributed by atoms with van der Waals surface area (Å²) in [7, 11) is 0. The van der Waals surface area contributed by atoms with Crippen LogP contribution >= 0.6 is 12.4 Å². The monoisotopic (exact) mass is 228 g/mol. The number of aromatic nitrogens is 2. The fourth-order valence-electron chi connectivity index (χ4n) is 1.27. The standard InChI is InChI=1S/C9H12N4O.ClH/c1-6-8(4-11-5-12-6)9(14)13-7-2-10-3-7;/h4-5,7,10H,2-3H2,1H3,(H,13,14);1H. The molecule has 0 bridgehead atoms. The minimum Gasteiger partial charge on any atom is -0.347 e. The largest absolute Gasteiger partial charge is 0.347 e. The van der Waals surface area contributed by atoms with Crippen LogP contribution in [0.5, 0.6) is 0 Å². The van der Waals surface area contributed by atoms with E-state index in [0.29, 0.717) is 11.3 Å². The van der Waals surface area contributed by atoms with E-state index in [1.165, 1.54) is 6.33 Å². The van der Waals surface area contributed by atoms with Crippen molar-refractivity contribution in [2.75, 3.05) is 13.1 Å². The number of carbonyl (C=O) groups is 1. The van der Waals surface area contributed by atoms with Crippen molar-refractivity contribution in [3.8, 4) is 0 Å². The fraction of sp³-hybridized carbons (Fsp3) is 0.444. The minimum absolute atomic E-state index is 0. The van der Waals surface area contributed by atoms with Crippen molar-refractivity contribution in [3.63, 3.8) is 0 Å². The highest BCUT2D eigenvalue weighted by Crippen LogP contribution is 2.02. The molecular weight excluding hydrogens is 216 g/mol. The van der Waals surface area contributed by atoms with E-state index in [4.69, 9.17) is 0 Å². The van der Waals surface area contributed by atoms with Crippen LogP contribution in [0.3, 0.4) is 0 Å². The lowest BCUT2D eigenvalue weighted by Gasteiger charge is -2.27. The molecule has 1 aromatic heterocycles. The Balaban J connectivity index is 0.00000112. The molecule has 82 valence electrons. The van der Waals surface area contributed by atoms with Crippen molar-refractivity contribution in [2.45, 2.75) is 13.0 Å². The summed E-state index contributed by atoms with van der Waals surface area (Å²) < 4.78 is 0. The van der Waals surface area contributed by atoms with Crippen molar-refractivity contribution in [3.05, 3.63) is 23.8 Å². The maximum atomic E-state index is 11.6. The first-order chi connectivity index (χ1) is 6.77. The fourth-order valence-corrected chi connectivity index (χ4v) is 1.27. The summed E-state index contributed by atoms with van der Waals surface area (Å²) in [6.45, 7) is 3.49. The smallest absolute Gasteiger partial charge is 0.255 e. The molecule has 1 aliphatic heterocycles. The van der Waals surface area contributed by atoms with Crippen LogP contribution in [0.4, 0.5) is 0 Å². The Kier molecular flexibility index (Phi) is 3.99. The van der Waals surface area contributed by atoms with Gasteiger partial charge in [-0.1, -0.05) is 0 Å². The first-order valence-electron chi connectivity index (χ1n) is 4.55. The highest BCUT2D eigenvalue weighted by molar-refractivity contribution is 5.95. The first kappa shape index (κ1) is 11.9. The van der Waals surface area contributed by atoms with Gasteiger partial charge in [0.05, 0.1) is 17.3 Å². The zero-order valence-corrected chi connectivity index (χ0v) is 9.17. The van der Waals surface area contributed by atoms with Gasteiger partial charge in [-0.3, -0.25) is 4.79 Å². The number of amides is 1. The van der Waals surface area contributed by atoms with Crippen molar-refractivity contribution >= 4 is 18.3 Å². The van der Waals surface area contributed by atoms with Crippen molar-refractivity contribution in [1.29, 1.82) is 0 Å². The number of rotatable bonds is 2. The molecule has 1 amide bonds. The van der Waals surface area contributed by atoms with Crippen LogP contribution in [-0.4, -0.2) is 35.0 Å². The molecule has 0 saturated carbocycles. The van der Waals surface area contributed by atoms with Gasteiger partial charge >= 0.3 is 0 Å². The van der Waals surface area contributed by atoms with E-state index in [0.717, 1.165) is 13.1 Å². The molecule has 0 unspecified atom stereocenters. The molecule has 1 fully saturated rings. The second-order valence-electron chi connectivity index (χ2n) is 3.35. The summed E-state index contributed by atoms with van der Waals surface area (Å²) in [5.41, 5.74) is 1.27. The summed E-state index contributed by atoms with van der Waals surface area (Å²) in [6, 6.07) is 0.252. The highest BCUT2D eigenvalue weighted by atomic mass is 35.5. The minimum atomic E-state index is -0.0883. The lowest BCUT2D eigenvalue weighted by Crippen LogP contribution is -2.57. The molecular formula is C9H13ClN4O. The predicted molar refractivity (Wildman–Crippen MR) is 58.1 cm³/mol. The molecule has 2 rings (SSSR count). The molecule has 5 nitrogen and oxygen atoms in total. The Bertz CT molecular complexity index is 354. The van der Waals surface area contributed by atoms with Crippen LogP contribution in [0.25, 0.3) is 0 Å². The summed E-state index contributed by atoms with van der Waals surface area (Å²) in [5, 5.41) is 5.98. The molecule has 1 saturated heterocycles. The average Bonchev–Trinajstić information content (AvgIpc) is 2.12. The third-order valence-corrected chi connectivity index (χ3v) is 2.27. The molecule has 0 aromatic carbocycles. The van der Waals surface area contributed by atoms with E-state index in [1.807, 2.05) is 0 Å². The van der Waals surface area contributed by atoms with Gasteiger partial charge in [-0.2, -0.15) is 0 Å². The predicted octanol–water partition coefficient (Wildman–Crippen LogP) is -0.0916. The average molecular weight is 229 g/mol. The summed E-state index contributed by atoms with van der Waals surface area (Å²) in [6.07, 6.45) is 2.99. The zero-order chi connectivity index (χ0) is 9.97. The normalized spacial score (nSPS) is 15.0. The third kappa shape index (κ3) is 2.64. The van der Waals surface area contributed by atoms with Crippen molar-refractivity contribution in [1.82, 2.24) is 20.6 Å². The number of carbonyl (C=O) groups excluding carboxylic acids is 1. The Morgan fingerprint density at radius 1 is 1.60 bits per heavy atom. The topological polar surface area (TPSA) is 66.9 Å². The van der Waals surface area contributed by atoms with Crippen LogP contribution in [0.1, 0.15) is 16.1 Å². The van der Waals surface area contributed by atoms with Crippen LogP contribution < -0.4 is 10.6 Å². The molecule has 0 atom stereocenters. The zero-order valence-electron chi connectivity index (χ0n) is 8.36. The number of nitrogens with zero attached hydrogens (tertiary/aromatic N) is 2. The molecule has 1 aromatic rings. The second-order valence-corrected chi connectivity index (χ2v) is 3.35. The molecule has 0 aliphatic carbocycles. The Labute approximate surface area is 94.1 Å². The Hall–Kier alpha value is -1.20. The lowest BCUT2D eigenvalue weighted by atomic mass is 10.1. The molecule has 6 heteroatoms. The third-order valence-electron chi connectivity index (χ3n) is 2.27. The Morgan fingerprint density at radius 3 is 2.87 bits per heavy atom.